The molecule has 0 aromatic heterocycles. The van der Waals surface area contributed by atoms with Gasteiger partial charge in [0.1, 0.15) is 12.4 Å². The highest BCUT2D eigenvalue weighted by Crippen LogP contribution is 2.30. The SMILES string of the molecule is CCOc1cc(C=NNC(=O)CCC(=O)Nc2ccc(F)cc2)ccc1OCc1ccc(Cl)cc1Cl. The number of benzene rings is 3. The Morgan fingerprint density at radius 2 is 1.69 bits per heavy atom. The average Bonchev–Trinajstić information content (AvgIpc) is 2.85. The summed E-state index contributed by atoms with van der Waals surface area (Å²) in [6.07, 6.45) is 1.35. The van der Waals surface area contributed by atoms with Crippen molar-refractivity contribution >= 4 is 46.9 Å². The molecule has 3 rings (SSSR count). The maximum absolute atomic E-state index is 12.9. The van der Waals surface area contributed by atoms with Gasteiger partial charge in [0.25, 0.3) is 0 Å². The molecule has 0 bridgehead atoms. The van der Waals surface area contributed by atoms with Crippen LogP contribution in [-0.4, -0.2) is 24.6 Å². The Hall–Kier alpha value is -3.62. The van der Waals surface area contributed by atoms with Gasteiger partial charge in [-0.2, -0.15) is 5.10 Å². The van der Waals surface area contributed by atoms with E-state index in [9.17, 15) is 14.0 Å². The number of carbonyl (C=O) groups excluding carboxylic acids is 2. The van der Waals surface area contributed by atoms with Gasteiger partial charge in [0.05, 0.1) is 12.8 Å². The molecular weight excluding hydrogens is 508 g/mol. The number of carbonyl (C=O) groups is 2. The van der Waals surface area contributed by atoms with Crippen molar-refractivity contribution in [1.82, 2.24) is 5.43 Å². The molecule has 0 heterocycles. The molecule has 2 N–H and O–H groups in total. The molecule has 0 aliphatic rings. The van der Waals surface area contributed by atoms with Crippen LogP contribution in [0.25, 0.3) is 0 Å². The van der Waals surface area contributed by atoms with Crippen molar-refractivity contribution in [1.29, 1.82) is 0 Å². The number of halogens is 3. The fourth-order valence-electron chi connectivity index (χ4n) is 3.01. The Balaban J connectivity index is 1.50. The van der Waals surface area contributed by atoms with E-state index in [0.717, 1.165) is 5.56 Å². The molecule has 2 amide bonds. The molecule has 3 aromatic rings. The van der Waals surface area contributed by atoms with Crippen molar-refractivity contribution in [2.45, 2.75) is 26.4 Å². The summed E-state index contributed by atoms with van der Waals surface area (Å²) in [5, 5.41) is 7.58. The van der Waals surface area contributed by atoms with E-state index in [4.69, 9.17) is 32.7 Å². The number of nitrogens with one attached hydrogen (secondary N) is 2. The second-order valence-corrected chi connectivity index (χ2v) is 8.36. The average molecular weight is 532 g/mol. The number of nitrogens with zero attached hydrogens (tertiary/aromatic N) is 1. The first-order valence-electron chi connectivity index (χ1n) is 11.0. The molecule has 0 radical (unpaired) electrons. The Labute approximate surface area is 218 Å². The van der Waals surface area contributed by atoms with Crippen molar-refractivity contribution in [3.05, 3.63) is 87.7 Å². The number of anilines is 1. The minimum atomic E-state index is -0.426. The van der Waals surface area contributed by atoms with Crippen LogP contribution in [0.5, 0.6) is 11.5 Å². The zero-order valence-electron chi connectivity index (χ0n) is 19.4. The molecule has 0 saturated carbocycles. The Morgan fingerprint density at radius 1 is 0.944 bits per heavy atom. The van der Waals surface area contributed by atoms with Gasteiger partial charge < -0.3 is 14.8 Å². The number of hydrogen-bond acceptors (Lipinski definition) is 5. The summed E-state index contributed by atoms with van der Waals surface area (Å²) in [7, 11) is 0. The third kappa shape index (κ3) is 8.55. The van der Waals surface area contributed by atoms with Gasteiger partial charge in [-0.15, -0.1) is 0 Å². The van der Waals surface area contributed by atoms with Crippen LogP contribution in [0.15, 0.2) is 65.8 Å². The smallest absolute Gasteiger partial charge is 0.240 e. The molecule has 0 fully saturated rings. The predicted molar refractivity (Wildman–Crippen MR) is 138 cm³/mol. The summed E-state index contributed by atoms with van der Waals surface area (Å²) < 4.78 is 24.5. The zero-order chi connectivity index (χ0) is 25.9. The van der Waals surface area contributed by atoms with Gasteiger partial charge >= 0.3 is 0 Å². The number of hydrazone groups is 1. The van der Waals surface area contributed by atoms with Crippen LogP contribution in [0.2, 0.25) is 10.0 Å². The van der Waals surface area contributed by atoms with E-state index in [1.165, 1.54) is 30.5 Å². The van der Waals surface area contributed by atoms with Gasteiger partial charge in [-0.1, -0.05) is 29.3 Å². The zero-order valence-corrected chi connectivity index (χ0v) is 20.9. The lowest BCUT2D eigenvalue weighted by molar-refractivity contribution is -0.124. The highest BCUT2D eigenvalue weighted by molar-refractivity contribution is 6.35. The number of rotatable bonds is 11. The minimum absolute atomic E-state index is 0.0448. The number of hydrogen-bond donors (Lipinski definition) is 2. The van der Waals surface area contributed by atoms with Gasteiger partial charge in [-0.25, -0.2) is 9.82 Å². The normalized spacial score (nSPS) is 10.8. The minimum Gasteiger partial charge on any atom is -0.490 e. The van der Waals surface area contributed by atoms with Crippen LogP contribution in [0.3, 0.4) is 0 Å². The monoisotopic (exact) mass is 531 g/mol. The highest BCUT2D eigenvalue weighted by Gasteiger charge is 2.10. The second-order valence-electron chi connectivity index (χ2n) is 7.51. The van der Waals surface area contributed by atoms with Crippen molar-refractivity contribution in [2.75, 3.05) is 11.9 Å². The van der Waals surface area contributed by atoms with Crippen molar-refractivity contribution in [2.24, 2.45) is 5.10 Å². The van der Waals surface area contributed by atoms with Crippen LogP contribution in [0, 0.1) is 5.82 Å². The predicted octanol–water partition coefficient (Wildman–Crippen LogP) is 5.98. The van der Waals surface area contributed by atoms with Crippen LogP contribution in [-0.2, 0) is 16.2 Å². The maximum Gasteiger partial charge on any atom is 0.240 e. The van der Waals surface area contributed by atoms with Crippen LogP contribution in [0.4, 0.5) is 10.1 Å². The highest BCUT2D eigenvalue weighted by atomic mass is 35.5. The lowest BCUT2D eigenvalue weighted by Gasteiger charge is -2.13. The Kier molecular flexibility index (Phi) is 10.1. The van der Waals surface area contributed by atoms with E-state index in [1.807, 2.05) is 6.92 Å². The standard InChI is InChI=1S/C26H24Cl2FN3O4/c1-2-35-24-13-17(3-10-23(24)36-16-18-4-5-19(27)14-22(18)28)15-30-32-26(34)12-11-25(33)31-21-8-6-20(29)7-9-21/h3-10,13-15H,2,11-12,16H2,1H3,(H,31,33)(H,32,34). The van der Waals surface area contributed by atoms with Gasteiger partial charge in [0.2, 0.25) is 11.8 Å². The van der Waals surface area contributed by atoms with E-state index in [0.29, 0.717) is 39.4 Å². The molecule has 36 heavy (non-hydrogen) atoms. The van der Waals surface area contributed by atoms with Crippen LogP contribution < -0.4 is 20.2 Å². The fraction of sp³-hybridized carbons (Fsp3) is 0.192. The summed E-state index contributed by atoms with van der Waals surface area (Å²) in [6.45, 7) is 2.51. The molecular formula is C26H24Cl2FN3O4. The molecule has 0 saturated heterocycles. The Bertz CT molecular complexity index is 1240. The number of amides is 2. The van der Waals surface area contributed by atoms with E-state index < -0.39 is 11.7 Å². The van der Waals surface area contributed by atoms with Crippen molar-refractivity contribution in [3.63, 3.8) is 0 Å². The summed E-state index contributed by atoms with van der Waals surface area (Å²) in [5.74, 6) is -0.155. The molecule has 188 valence electrons. The van der Waals surface area contributed by atoms with Gasteiger partial charge in [0.15, 0.2) is 11.5 Å². The third-order valence-electron chi connectivity index (χ3n) is 4.78. The van der Waals surface area contributed by atoms with E-state index in [-0.39, 0.29) is 25.4 Å². The maximum atomic E-state index is 12.9. The third-order valence-corrected chi connectivity index (χ3v) is 5.36. The largest absolute Gasteiger partial charge is 0.490 e. The lowest BCUT2D eigenvalue weighted by atomic mass is 10.2. The van der Waals surface area contributed by atoms with E-state index in [1.54, 1.807) is 36.4 Å². The fourth-order valence-corrected chi connectivity index (χ4v) is 3.47. The molecule has 0 spiro atoms. The van der Waals surface area contributed by atoms with Gasteiger partial charge in [-0.05, 0) is 67.1 Å². The molecule has 0 atom stereocenters. The molecule has 0 aliphatic carbocycles. The first-order chi connectivity index (χ1) is 17.3. The molecule has 10 heteroatoms. The quantitative estimate of drug-likeness (QED) is 0.235. The summed E-state index contributed by atoms with van der Waals surface area (Å²) in [5.41, 5.74) is 4.29. The van der Waals surface area contributed by atoms with E-state index in [2.05, 4.69) is 15.8 Å². The molecule has 7 nitrogen and oxygen atoms in total. The van der Waals surface area contributed by atoms with Crippen LogP contribution in [0.1, 0.15) is 30.9 Å². The van der Waals surface area contributed by atoms with Gasteiger partial charge in [0, 0.05) is 34.1 Å². The summed E-state index contributed by atoms with van der Waals surface area (Å²) >= 11 is 12.1. The van der Waals surface area contributed by atoms with E-state index >= 15 is 0 Å². The molecule has 3 aromatic carbocycles. The Morgan fingerprint density at radius 3 is 2.42 bits per heavy atom. The topological polar surface area (TPSA) is 89.0 Å². The molecule has 0 unspecified atom stereocenters. The summed E-state index contributed by atoms with van der Waals surface area (Å²) in [4.78, 5) is 24.0. The van der Waals surface area contributed by atoms with Crippen molar-refractivity contribution in [3.8, 4) is 11.5 Å². The lowest BCUT2D eigenvalue weighted by Crippen LogP contribution is -2.20. The van der Waals surface area contributed by atoms with Gasteiger partial charge in [-0.3, -0.25) is 9.59 Å². The van der Waals surface area contributed by atoms with Crippen LogP contribution >= 0.6 is 23.2 Å². The molecule has 0 aliphatic heterocycles. The van der Waals surface area contributed by atoms with Crippen molar-refractivity contribution < 1.29 is 23.5 Å². The second kappa shape index (κ2) is 13.5. The number of ether oxygens (including phenoxy) is 2. The first kappa shape index (κ1) is 27.0. The first-order valence-corrected chi connectivity index (χ1v) is 11.8. The summed E-state index contributed by atoms with van der Waals surface area (Å²) in [6, 6.07) is 15.8.